The van der Waals surface area contributed by atoms with Gasteiger partial charge in [-0.2, -0.15) is 0 Å². The number of ether oxygens (including phenoxy) is 1. The van der Waals surface area contributed by atoms with Crippen LogP contribution in [0.15, 0.2) is 12.2 Å². The van der Waals surface area contributed by atoms with Gasteiger partial charge in [-0.15, -0.1) is 0 Å². The summed E-state index contributed by atoms with van der Waals surface area (Å²) in [6, 6.07) is 0. The molecule has 2 heteroatoms. The SMILES string of the molecule is C=C(C)C(=O)OC1(C2CC3CCC2C3)C2CC3CC1CC(C)(C3)C2. The van der Waals surface area contributed by atoms with E-state index in [1.807, 2.05) is 6.92 Å². The minimum absolute atomic E-state index is 0.115. The second-order valence-corrected chi connectivity index (χ2v) is 10.5. The molecule has 6 bridgehead atoms. The van der Waals surface area contributed by atoms with Gasteiger partial charge >= 0.3 is 5.97 Å². The quantitative estimate of drug-likeness (QED) is 0.530. The molecule has 2 nitrogen and oxygen atoms in total. The zero-order valence-electron chi connectivity index (χ0n) is 15.4. The number of rotatable bonds is 3. The fourth-order valence-corrected chi connectivity index (χ4v) is 8.28. The molecule has 6 saturated carbocycles. The molecule has 0 saturated heterocycles. The molecular weight excluding hydrogens is 296 g/mol. The Morgan fingerprint density at radius 2 is 1.71 bits per heavy atom. The number of hydrogen-bond acceptors (Lipinski definition) is 2. The standard InChI is InChI=1S/C22H32O2/c1-13(2)20(23)24-22(19-9-14-4-5-16(19)6-14)17-7-15-8-18(22)12-21(3,10-15)11-17/h14-19H,1,4-12H2,2-3H3. The van der Waals surface area contributed by atoms with Gasteiger partial charge in [-0.25, -0.2) is 4.79 Å². The summed E-state index contributed by atoms with van der Waals surface area (Å²) in [5.74, 6) is 4.37. The first-order valence-corrected chi connectivity index (χ1v) is 10.3. The van der Waals surface area contributed by atoms with E-state index in [2.05, 4.69) is 13.5 Å². The first-order valence-electron chi connectivity index (χ1n) is 10.3. The van der Waals surface area contributed by atoms with Gasteiger partial charge in [0.05, 0.1) is 0 Å². The summed E-state index contributed by atoms with van der Waals surface area (Å²) in [4.78, 5) is 12.7. The third-order valence-corrected chi connectivity index (χ3v) is 8.71. The van der Waals surface area contributed by atoms with E-state index in [0.29, 0.717) is 28.7 Å². The van der Waals surface area contributed by atoms with E-state index in [0.717, 1.165) is 17.8 Å². The fourth-order valence-electron chi connectivity index (χ4n) is 8.28. The molecular formula is C22H32O2. The molecule has 5 atom stereocenters. The van der Waals surface area contributed by atoms with E-state index in [9.17, 15) is 4.79 Å². The van der Waals surface area contributed by atoms with Crippen LogP contribution in [-0.2, 0) is 9.53 Å². The van der Waals surface area contributed by atoms with Crippen molar-refractivity contribution in [2.24, 2.45) is 40.9 Å². The van der Waals surface area contributed by atoms with Crippen molar-refractivity contribution in [1.82, 2.24) is 0 Å². The first kappa shape index (κ1) is 15.5. The molecule has 6 rings (SSSR count). The number of carbonyl (C=O) groups is 1. The smallest absolute Gasteiger partial charge is 0.333 e. The van der Waals surface area contributed by atoms with Crippen molar-refractivity contribution in [1.29, 1.82) is 0 Å². The average Bonchev–Trinajstić information content (AvgIpc) is 3.12. The van der Waals surface area contributed by atoms with Gasteiger partial charge in [0.25, 0.3) is 0 Å². The highest BCUT2D eigenvalue weighted by molar-refractivity contribution is 5.87. The van der Waals surface area contributed by atoms with Crippen molar-refractivity contribution >= 4 is 5.97 Å². The third kappa shape index (κ3) is 1.98. The van der Waals surface area contributed by atoms with Crippen molar-refractivity contribution in [2.45, 2.75) is 77.2 Å². The van der Waals surface area contributed by atoms with Crippen LogP contribution in [-0.4, -0.2) is 11.6 Å². The Bertz CT molecular complexity index is 575. The Labute approximate surface area is 146 Å². The minimum Gasteiger partial charge on any atom is -0.455 e. The molecule has 132 valence electrons. The first-order chi connectivity index (χ1) is 11.4. The van der Waals surface area contributed by atoms with Crippen LogP contribution in [0.1, 0.15) is 71.6 Å². The number of fused-ring (bicyclic) bond motifs is 2. The number of esters is 1. The highest BCUT2D eigenvalue weighted by Gasteiger charge is 2.67. The van der Waals surface area contributed by atoms with Crippen LogP contribution >= 0.6 is 0 Å². The second-order valence-electron chi connectivity index (χ2n) is 10.5. The van der Waals surface area contributed by atoms with Gasteiger partial charge in [0.15, 0.2) is 0 Å². The summed E-state index contributed by atoms with van der Waals surface area (Å²) in [7, 11) is 0. The van der Waals surface area contributed by atoms with Gasteiger partial charge in [0.1, 0.15) is 5.60 Å². The van der Waals surface area contributed by atoms with Gasteiger partial charge in [-0.05, 0) is 81.5 Å². The van der Waals surface area contributed by atoms with Crippen molar-refractivity contribution in [3.05, 3.63) is 12.2 Å². The molecule has 6 fully saturated rings. The van der Waals surface area contributed by atoms with E-state index in [1.54, 1.807) is 0 Å². The monoisotopic (exact) mass is 328 g/mol. The third-order valence-electron chi connectivity index (χ3n) is 8.71. The van der Waals surface area contributed by atoms with Crippen molar-refractivity contribution < 1.29 is 9.53 Å². The van der Waals surface area contributed by atoms with Crippen molar-refractivity contribution in [3.63, 3.8) is 0 Å². The topological polar surface area (TPSA) is 26.3 Å². The molecule has 0 heterocycles. The lowest BCUT2D eigenvalue weighted by molar-refractivity contribution is -0.245. The maximum absolute atomic E-state index is 12.7. The molecule has 0 aromatic carbocycles. The summed E-state index contributed by atoms with van der Waals surface area (Å²) < 4.78 is 6.52. The van der Waals surface area contributed by atoms with Crippen LogP contribution in [0.3, 0.4) is 0 Å². The van der Waals surface area contributed by atoms with Crippen LogP contribution in [0.5, 0.6) is 0 Å². The van der Waals surface area contributed by atoms with E-state index < -0.39 is 0 Å². The number of hydrogen-bond donors (Lipinski definition) is 0. The Hall–Kier alpha value is -0.790. The highest BCUT2D eigenvalue weighted by atomic mass is 16.6. The molecule has 0 aromatic rings. The molecule has 0 radical (unpaired) electrons. The minimum atomic E-state index is -0.147. The van der Waals surface area contributed by atoms with Crippen molar-refractivity contribution in [2.75, 3.05) is 0 Å². The van der Waals surface area contributed by atoms with Gasteiger partial charge in [0, 0.05) is 23.3 Å². The van der Waals surface area contributed by atoms with Gasteiger partial charge in [-0.3, -0.25) is 0 Å². The lowest BCUT2D eigenvalue weighted by Crippen LogP contribution is -2.66. The predicted molar refractivity (Wildman–Crippen MR) is 94.2 cm³/mol. The predicted octanol–water partition coefficient (Wildman–Crippen LogP) is 5.13. The van der Waals surface area contributed by atoms with Crippen molar-refractivity contribution in [3.8, 4) is 0 Å². The zero-order valence-corrected chi connectivity index (χ0v) is 15.4. The fraction of sp³-hybridized carbons (Fsp3) is 0.864. The molecule has 0 N–H and O–H groups in total. The van der Waals surface area contributed by atoms with Crippen LogP contribution in [0.25, 0.3) is 0 Å². The summed E-state index contributed by atoms with van der Waals surface area (Å²) in [6.45, 7) is 8.20. The van der Waals surface area contributed by atoms with E-state index in [4.69, 9.17) is 4.74 Å². The van der Waals surface area contributed by atoms with E-state index in [-0.39, 0.29) is 11.6 Å². The zero-order chi connectivity index (χ0) is 16.7. The van der Waals surface area contributed by atoms with Crippen LogP contribution < -0.4 is 0 Å². The van der Waals surface area contributed by atoms with Crippen LogP contribution in [0.2, 0.25) is 0 Å². The van der Waals surface area contributed by atoms with Gasteiger partial charge in [-0.1, -0.05) is 19.9 Å². The van der Waals surface area contributed by atoms with Crippen LogP contribution in [0, 0.1) is 40.9 Å². The normalized spacial score (nSPS) is 54.2. The molecule has 0 aromatic heterocycles. The summed E-state index contributed by atoms with van der Waals surface area (Å²) >= 11 is 0. The molecule has 24 heavy (non-hydrogen) atoms. The Morgan fingerprint density at radius 3 is 2.21 bits per heavy atom. The Morgan fingerprint density at radius 1 is 1.00 bits per heavy atom. The second kappa shape index (κ2) is 4.89. The Kier molecular flexibility index (Phi) is 3.15. The lowest BCUT2D eigenvalue weighted by atomic mass is 9.42. The summed E-state index contributed by atoms with van der Waals surface area (Å²) in [6.07, 6.45) is 12.1. The Balaban J connectivity index is 1.55. The molecule has 6 aliphatic rings. The molecule has 0 aliphatic heterocycles. The van der Waals surface area contributed by atoms with E-state index in [1.165, 1.54) is 57.8 Å². The maximum Gasteiger partial charge on any atom is 0.333 e. The summed E-state index contributed by atoms with van der Waals surface area (Å²) in [5.41, 5.74) is 0.956. The largest absolute Gasteiger partial charge is 0.455 e. The summed E-state index contributed by atoms with van der Waals surface area (Å²) in [5, 5.41) is 0. The van der Waals surface area contributed by atoms with E-state index >= 15 is 0 Å². The van der Waals surface area contributed by atoms with Gasteiger partial charge < -0.3 is 4.74 Å². The van der Waals surface area contributed by atoms with Gasteiger partial charge in [0.2, 0.25) is 0 Å². The number of carbonyl (C=O) groups excluding carboxylic acids is 1. The maximum atomic E-state index is 12.7. The average molecular weight is 328 g/mol. The molecule has 6 aliphatic carbocycles. The highest BCUT2D eigenvalue weighted by Crippen LogP contribution is 2.69. The molecule has 0 amide bonds. The molecule has 5 unspecified atom stereocenters. The molecule has 0 spiro atoms. The van der Waals surface area contributed by atoms with Crippen LogP contribution in [0.4, 0.5) is 0 Å². The lowest BCUT2D eigenvalue weighted by Gasteiger charge is -2.66.